The molecule has 3 aromatic rings. The third-order valence-electron chi connectivity index (χ3n) is 4.38. The van der Waals surface area contributed by atoms with Gasteiger partial charge in [0.25, 0.3) is 0 Å². The number of hydrogen-bond acceptors (Lipinski definition) is 10. The van der Waals surface area contributed by atoms with Crippen LogP contribution >= 0.6 is 23.1 Å². The third kappa shape index (κ3) is 7.46. The molecule has 0 aliphatic rings. The Morgan fingerprint density at radius 2 is 1.92 bits per heavy atom. The van der Waals surface area contributed by atoms with E-state index in [0.29, 0.717) is 9.24 Å². The smallest absolute Gasteiger partial charge is 0.315 e. The van der Waals surface area contributed by atoms with Crippen molar-refractivity contribution in [2.45, 2.75) is 28.5 Å². The van der Waals surface area contributed by atoms with Gasteiger partial charge in [0.2, 0.25) is 0 Å². The van der Waals surface area contributed by atoms with Crippen LogP contribution in [0.3, 0.4) is 0 Å². The molecular formula is C22H24FN5O5S3. The van der Waals surface area contributed by atoms with Gasteiger partial charge in [-0.2, -0.15) is 0 Å². The predicted molar refractivity (Wildman–Crippen MR) is 136 cm³/mol. The normalized spacial score (nSPS) is 12.3. The number of ether oxygens (including phenoxy) is 1. The number of hydrogen-bond donors (Lipinski definition) is 3. The molecule has 0 saturated heterocycles. The van der Waals surface area contributed by atoms with Gasteiger partial charge < -0.3 is 15.8 Å². The van der Waals surface area contributed by atoms with Crippen molar-refractivity contribution in [2.24, 2.45) is 11.7 Å². The van der Waals surface area contributed by atoms with E-state index < -0.39 is 32.8 Å². The Morgan fingerprint density at radius 1 is 1.19 bits per heavy atom. The third-order valence-corrected chi connectivity index (χ3v) is 7.65. The summed E-state index contributed by atoms with van der Waals surface area (Å²) in [5, 5.41) is 3.83. The van der Waals surface area contributed by atoms with Crippen molar-refractivity contribution in [3.05, 3.63) is 54.1 Å². The number of halogens is 1. The Hall–Kier alpha value is -3.07. The number of nitrogens with two attached hydrogens (primary N) is 1. The summed E-state index contributed by atoms with van der Waals surface area (Å²) in [6.45, 7) is 4.09. The molecule has 192 valence electrons. The fourth-order valence-electron chi connectivity index (χ4n) is 2.64. The highest BCUT2D eigenvalue weighted by atomic mass is 32.2. The summed E-state index contributed by atoms with van der Waals surface area (Å²) in [4.78, 5) is 33.4. The molecule has 10 nitrogen and oxygen atoms in total. The van der Waals surface area contributed by atoms with Crippen LogP contribution in [0.2, 0.25) is 0 Å². The van der Waals surface area contributed by atoms with E-state index in [1.165, 1.54) is 6.07 Å². The lowest BCUT2D eigenvalue weighted by atomic mass is 10.2. The average Bonchev–Trinajstić information content (AvgIpc) is 3.20. The van der Waals surface area contributed by atoms with Crippen LogP contribution < -0.4 is 21.1 Å². The highest BCUT2D eigenvalue weighted by molar-refractivity contribution is 8.01. The van der Waals surface area contributed by atoms with Crippen molar-refractivity contribution >= 4 is 55.6 Å². The first kappa shape index (κ1) is 27.5. The maximum atomic E-state index is 13.7. The van der Waals surface area contributed by atoms with Crippen LogP contribution in [-0.2, 0) is 19.4 Å². The molecule has 0 aliphatic heterocycles. The van der Waals surface area contributed by atoms with E-state index in [4.69, 9.17) is 10.5 Å². The molecule has 0 radical (unpaired) electrons. The Kier molecular flexibility index (Phi) is 9.00. The summed E-state index contributed by atoms with van der Waals surface area (Å²) >= 11 is 2.07. The summed E-state index contributed by atoms with van der Waals surface area (Å²) < 4.78 is 43.7. The van der Waals surface area contributed by atoms with Gasteiger partial charge in [-0.3, -0.25) is 14.9 Å². The van der Waals surface area contributed by atoms with Crippen LogP contribution in [0.15, 0.2) is 51.8 Å². The Balaban J connectivity index is 1.80. The minimum Gasteiger partial charge on any atom is -0.491 e. The molecule has 1 aromatic carbocycles. The second-order valence-corrected chi connectivity index (χ2v) is 12.4. The van der Waals surface area contributed by atoms with Crippen LogP contribution in [0.1, 0.15) is 24.9 Å². The molecular weight excluding hydrogens is 529 g/mol. The van der Waals surface area contributed by atoms with Gasteiger partial charge in [0, 0.05) is 18.5 Å². The molecule has 1 unspecified atom stereocenters. The van der Waals surface area contributed by atoms with E-state index in [-0.39, 0.29) is 34.8 Å². The van der Waals surface area contributed by atoms with Crippen LogP contribution in [0.5, 0.6) is 5.75 Å². The van der Waals surface area contributed by atoms with E-state index in [1.54, 1.807) is 24.4 Å². The van der Waals surface area contributed by atoms with Crippen molar-refractivity contribution in [2.75, 3.05) is 23.5 Å². The molecule has 1 atom stereocenters. The van der Waals surface area contributed by atoms with Crippen molar-refractivity contribution in [3.63, 3.8) is 0 Å². The van der Waals surface area contributed by atoms with Gasteiger partial charge in [0.15, 0.2) is 20.3 Å². The standard InChI is InChI=1S/C22H24FN5O5S3/c1-12(2)11-33-15-10-13(23)7-8-14(15)26-19(29)20(30)28-22-27-17(18(24)36(3,31)32)21(35-22)34-16-6-4-5-9-25-16/h4-10,12,18H,11,24H2,1-3H3,(H,26,29)(H,27,28,30). The lowest BCUT2D eigenvalue weighted by molar-refractivity contribution is -0.133. The van der Waals surface area contributed by atoms with Crippen LogP contribution in [-0.4, -0.2) is 43.1 Å². The Bertz CT molecular complexity index is 1350. The van der Waals surface area contributed by atoms with E-state index in [9.17, 15) is 22.4 Å². The molecule has 14 heteroatoms. The highest BCUT2D eigenvalue weighted by Crippen LogP contribution is 2.39. The number of carbonyl (C=O) groups excluding carboxylic acids is 2. The maximum absolute atomic E-state index is 13.7. The number of anilines is 2. The monoisotopic (exact) mass is 553 g/mol. The van der Waals surface area contributed by atoms with Gasteiger partial charge in [-0.1, -0.05) is 43.0 Å². The average molecular weight is 554 g/mol. The second-order valence-electron chi connectivity index (χ2n) is 7.97. The zero-order valence-electron chi connectivity index (χ0n) is 19.5. The largest absolute Gasteiger partial charge is 0.491 e. The molecule has 0 fully saturated rings. The fraction of sp³-hybridized carbons (Fsp3) is 0.273. The van der Waals surface area contributed by atoms with E-state index in [0.717, 1.165) is 41.5 Å². The van der Waals surface area contributed by atoms with E-state index >= 15 is 0 Å². The van der Waals surface area contributed by atoms with Gasteiger partial charge in [-0.05, 0) is 30.2 Å². The summed E-state index contributed by atoms with van der Waals surface area (Å²) in [6, 6.07) is 8.71. The minimum absolute atomic E-state index is 0.0248. The second kappa shape index (κ2) is 11.8. The molecule has 36 heavy (non-hydrogen) atoms. The first-order chi connectivity index (χ1) is 16.9. The zero-order chi connectivity index (χ0) is 26.5. The Morgan fingerprint density at radius 3 is 2.56 bits per heavy atom. The molecule has 0 aliphatic carbocycles. The van der Waals surface area contributed by atoms with Crippen molar-refractivity contribution in [1.29, 1.82) is 0 Å². The zero-order valence-corrected chi connectivity index (χ0v) is 22.0. The first-order valence-electron chi connectivity index (χ1n) is 10.5. The molecule has 2 heterocycles. The van der Waals surface area contributed by atoms with Crippen molar-refractivity contribution < 1.29 is 27.1 Å². The summed E-state index contributed by atoms with van der Waals surface area (Å²) in [7, 11) is -3.71. The number of sulfone groups is 1. The van der Waals surface area contributed by atoms with E-state index in [2.05, 4.69) is 20.6 Å². The Labute approximate surface area is 215 Å². The van der Waals surface area contributed by atoms with Gasteiger partial charge in [-0.25, -0.2) is 22.8 Å². The van der Waals surface area contributed by atoms with E-state index in [1.807, 2.05) is 13.8 Å². The molecule has 0 spiro atoms. The quantitative estimate of drug-likeness (QED) is 0.338. The summed E-state index contributed by atoms with van der Waals surface area (Å²) in [6.07, 6.45) is 2.54. The molecule has 3 rings (SSSR count). The topological polar surface area (TPSA) is 153 Å². The molecule has 2 aromatic heterocycles. The lowest BCUT2D eigenvalue weighted by Crippen LogP contribution is -2.29. The van der Waals surface area contributed by atoms with Crippen molar-refractivity contribution in [3.8, 4) is 5.75 Å². The number of nitrogens with zero attached hydrogens (tertiary/aromatic N) is 2. The van der Waals surface area contributed by atoms with Gasteiger partial charge in [0.05, 0.1) is 16.5 Å². The molecule has 0 saturated carbocycles. The van der Waals surface area contributed by atoms with Crippen molar-refractivity contribution in [1.82, 2.24) is 9.97 Å². The number of benzene rings is 1. The van der Waals surface area contributed by atoms with Gasteiger partial charge in [0.1, 0.15) is 22.3 Å². The summed E-state index contributed by atoms with van der Waals surface area (Å²) in [5.41, 5.74) is 6.04. The van der Waals surface area contributed by atoms with Crippen LogP contribution in [0.4, 0.5) is 15.2 Å². The number of carbonyl (C=O) groups is 2. The number of pyridine rings is 1. The van der Waals surface area contributed by atoms with Crippen LogP contribution in [0, 0.1) is 11.7 Å². The number of aromatic nitrogens is 2. The van der Waals surface area contributed by atoms with Gasteiger partial charge >= 0.3 is 11.8 Å². The van der Waals surface area contributed by atoms with Gasteiger partial charge in [-0.15, -0.1) is 0 Å². The molecule has 4 N–H and O–H groups in total. The highest BCUT2D eigenvalue weighted by Gasteiger charge is 2.27. The first-order valence-corrected chi connectivity index (χ1v) is 14.1. The number of rotatable bonds is 9. The maximum Gasteiger partial charge on any atom is 0.315 e. The minimum atomic E-state index is -3.71. The summed E-state index contributed by atoms with van der Waals surface area (Å²) in [5.74, 6) is -2.47. The lowest BCUT2D eigenvalue weighted by Gasteiger charge is -2.13. The molecule has 0 bridgehead atoms. The molecule has 2 amide bonds. The number of amides is 2. The fourth-order valence-corrected chi connectivity index (χ4v) is 5.49. The number of nitrogens with one attached hydrogen (secondary N) is 2. The van der Waals surface area contributed by atoms with Crippen LogP contribution in [0.25, 0.3) is 0 Å². The predicted octanol–water partition coefficient (Wildman–Crippen LogP) is 3.44. The number of thiazole rings is 1. The SMILES string of the molecule is CC(C)COc1cc(F)ccc1NC(=O)C(=O)Nc1nc(C(N)S(C)(=O)=O)c(Sc2ccccn2)s1.